The van der Waals surface area contributed by atoms with Crippen LogP contribution in [0.4, 0.5) is 5.69 Å². The van der Waals surface area contributed by atoms with E-state index in [2.05, 4.69) is 5.10 Å². The predicted molar refractivity (Wildman–Crippen MR) is 69.5 cm³/mol. The van der Waals surface area contributed by atoms with Crippen molar-refractivity contribution in [3.8, 4) is 5.69 Å². The number of alkyl halides is 1. The summed E-state index contributed by atoms with van der Waals surface area (Å²) in [7, 11) is 0. The third-order valence-corrected chi connectivity index (χ3v) is 3.16. The van der Waals surface area contributed by atoms with Crippen molar-refractivity contribution in [1.29, 1.82) is 0 Å². The second-order valence-electron chi connectivity index (χ2n) is 3.71. The van der Waals surface area contributed by atoms with E-state index in [9.17, 15) is 10.1 Å². The molecule has 1 aromatic heterocycles. The van der Waals surface area contributed by atoms with Gasteiger partial charge < -0.3 is 0 Å². The summed E-state index contributed by atoms with van der Waals surface area (Å²) in [4.78, 5) is 10.2. The van der Waals surface area contributed by atoms with Crippen LogP contribution in [0.1, 0.15) is 11.3 Å². The molecule has 94 valence electrons. The molecule has 0 N–H and O–H groups in total. The molecule has 0 radical (unpaired) electrons. The van der Waals surface area contributed by atoms with Crippen LogP contribution in [0.15, 0.2) is 24.4 Å². The van der Waals surface area contributed by atoms with Gasteiger partial charge in [0, 0.05) is 24.2 Å². The Kier molecular flexibility index (Phi) is 3.54. The molecule has 1 aromatic carbocycles. The van der Waals surface area contributed by atoms with E-state index >= 15 is 0 Å². The summed E-state index contributed by atoms with van der Waals surface area (Å²) in [6.07, 6.45) is 1.65. The molecular weight excluding hydrogens is 277 g/mol. The summed E-state index contributed by atoms with van der Waals surface area (Å²) in [6, 6.07) is 4.46. The third kappa shape index (κ3) is 2.32. The largest absolute Gasteiger partial charge is 0.269 e. The molecule has 1 heterocycles. The van der Waals surface area contributed by atoms with Crippen LogP contribution in [0, 0.1) is 17.0 Å². The van der Waals surface area contributed by atoms with Crippen molar-refractivity contribution in [3.63, 3.8) is 0 Å². The summed E-state index contributed by atoms with van der Waals surface area (Å²) in [5.74, 6) is 0.160. The number of hydrogen-bond donors (Lipinski definition) is 0. The van der Waals surface area contributed by atoms with E-state index in [1.165, 1.54) is 12.1 Å². The minimum Gasteiger partial charge on any atom is -0.258 e. The molecule has 0 fully saturated rings. The van der Waals surface area contributed by atoms with Gasteiger partial charge in [0.25, 0.3) is 5.69 Å². The lowest BCUT2D eigenvalue weighted by Crippen LogP contribution is -2.00. The fourth-order valence-electron chi connectivity index (χ4n) is 1.58. The second-order valence-corrected chi connectivity index (χ2v) is 4.39. The Morgan fingerprint density at radius 3 is 2.72 bits per heavy atom. The quantitative estimate of drug-likeness (QED) is 0.493. The van der Waals surface area contributed by atoms with Crippen LogP contribution in [0.3, 0.4) is 0 Å². The van der Waals surface area contributed by atoms with E-state index in [0.717, 1.165) is 0 Å². The lowest BCUT2D eigenvalue weighted by Gasteiger charge is -2.06. The van der Waals surface area contributed by atoms with Crippen LogP contribution >= 0.6 is 23.2 Å². The van der Waals surface area contributed by atoms with Crippen molar-refractivity contribution in [2.45, 2.75) is 12.8 Å². The van der Waals surface area contributed by atoms with Gasteiger partial charge in [-0.25, -0.2) is 4.68 Å². The molecule has 0 atom stereocenters. The maximum absolute atomic E-state index is 10.7. The molecule has 0 aliphatic carbocycles. The fraction of sp³-hybridized carbons (Fsp3) is 0.182. The van der Waals surface area contributed by atoms with Crippen LogP contribution in [-0.2, 0) is 5.88 Å². The molecule has 0 aliphatic heterocycles. The lowest BCUT2D eigenvalue weighted by molar-refractivity contribution is -0.384. The highest BCUT2D eigenvalue weighted by molar-refractivity contribution is 6.31. The first-order valence-electron chi connectivity index (χ1n) is 5.08. The molecular formula is C11H9Cl2N3O2. The minimum absolute atomic E-state index is 0.00405. The van der Waals surface area contributed by atoms with Crippen molar-refractivity contribution in [2.75, 3.05) is 0 Å². The first-order chi connectivity index (χ1) is 8.52. The van der Waals surface area contributed by atoms with Gasteiger partial charge in [-0.05, 0) is 18.6 Å². The summed E-state index contributed by atoms with van der Waals surface area (Å²) in [5, 5.41) is 15.4. The molecule has 2 rings (SSSR count). The molecule has 0 bridgehead atoms. The highest BCUT2D eigenvalue weighted by Crippen LogP contribution is 2.24. The number of hydrogen-bond acceptors (Lipinski definition) is 3. The second kappa shape index (κ2) is 4.96. The van der Waals surface area contributed by atoms with E-state index in [1.54, 1.807) is 23.9 Å². The Morgan fingerprint density at radius 2 is 2.22 bits per heavy atom. The minimum atomic E-state index is -0.457. The van der Waals surface area contributed by atoms with Crippen LogP contribution in [0.25, 0.3) is 5.69 Å². The van der Waals surface area contributed by atoms with Gasteiger partial charge in [-0.1, -0.05) is 11.6 Å². The van der Waals surface area contributed by atoms with E-state index in [0.29, 0.717) is 22.0 Å². The molecule has 0 unspecified atom stereocenters. The first-order valence-corrected chi connectivity index (χ1v) is 5.99. The zero-order valence-electron chi connectivity index (χ0n) is 9.43. The first kappa shape index (κ1) is 12.9. The van der Waals surface area contributed by atoms with Crippen molar-refractivity contribution >= 4 is 28.9 Å². The van der Waals surface area contributed by atoms with Crippen molar-refractivity contribution in [1.82, 2.24) is 9.78 Å². The third-order valence-electron chi connectivity index (χ3n) is 2.50. The molecule has 0 amide bonds. The fourth-order valence-corrected chi connectivity index (χ4v) is 1.92. The highest BCUT2D eigenvalue weighted by atomic mass is 35.5. The summed E-state index contributed by atoms with van der Waals surface area (Å²) in [5.41, 5.74) is 2.01. The molecule has 0 spiro atoms. The summed E-state index contributed by atoms with van der Waals surface area (Å²) < 4.78 is 1.57. The van der Waals surface area contributed by atoms with E-state index < -0.39 is 4.92 Å². The zero-order valence-corrected chi connectivity index (χ0v) is 10.9. The maximum atomic E-state index is 10.7. The monoisotopic (exact) mass is 285 g/mol. The number of aromatic nitrogens is 2. The standard InChI is InChI=1S/C11H9Cl2N3O2/c1-7-10(13)6-15(14-7)11-3-2-9(16(17)18)4-8(11)5-12/h2-4,6H,5H2,1H3. The number of rotatable bonds is 3. The summed E-state index contributed by atoms with van der Waals surface area (Å²) in [6.45, 7) is 1.78. The van der Waals surface area contributed by atoms with Crippen molar-refractivity contribution in [2.24, 2.45) is 0 Å². The Bertz CT molecular complexity index is 591. The number of nitrogens with zero attached hydrogens (tertiary/aromatic N) is 3. The molecule has 0 aliphatic rings. The maximum Gasteiger partial charge on any atom is 0.269 e. The lowest BCUT2D eigenvalue weighted by atomic mass is 10.2. The van der Waals surface area contributed by atoms with Gasteiger partial charge in [-0.15, -0.1) is 11.6 Å². The van der Waals surface area contributed by atoms with Gasteiger partial charge in [-0.2, -0.15) is 5.10 Å². The Labute approximate surface area is 113 Å². The van der Waals surface area contributed by atoms with Gasteiger partial charge in [0.15, 0.2) is 0 Å². The van der Waals surface area contributed by atoms with Gasteiger partial charge in [0.05, 0.1) is 21.3 Å². The number of non-ortho nitro benzene ring substituents is 1. The number of aryl methyl sites for hydroxylation is 1. The Hall–Kier alpha value is -1.59. The van der Waals surface area contributed by atoms with Gasteiger partial charge in [-0.3, -0.25) is 10.1 Å². The molecule has 7 heteroatoms. The Balaban J connectivity index is 2.54. The molecule has 2 aromatic rings. The van der Waals surface area contributed by atoms with Crippen molar-refractivity contribution < 1.29 is 4.92 Å². The van der Waals surface area contributed by atoms with Crippen LogP contribution in [0.5, 0.6) is 0 Å². The average Bonchev–Trinajstić information content (AvgIpc) is 2.68. The van der Waals surface area contributed by atoms with E-state index in [-0.39, 0.29) is 11.6 Å². The van der Waals surface area contributed by atoms with Gasteiger partial charge in [0.2, 0.25) is 0 Å². The van der Waals surface area contributed by atoms with Gasteiger partial charge in [0.1, 0.15) is 0 Å². The predicted octanol–water partition coefficient (Wildman–Crippen LogP) is 3.48. The van der Waals surface area contributed by atoms with Crippen LogP contribution < -0.4 is 0 Å². The molecule has 18 heavy (non-hydrogen) atoms. The molecule has 5 nitrogen and oxygen atoms in total. The topological polar surface area (TPSA) is 61.0 Å². The summed E-state index contributed by atoms with van der Waals surface area (Å²) >= 11 is 11.7. The van der Waals surface area contributed by atoms with E-state index in [1.807, 2.05) is 0 Å². The number of nitro groups is 1. The number of benzene rings is 1. The van der Waals surface area contributed by atoms with Crippen LogP contribution in [-0.4, -0.2) is 14.7 Å². The number of nitro benzene ring substituents is 1. The Morgan fingerprint density at radius 1 is 1.50 bits per heavy atom. The highest BCUT2D eigenvalue weighted by Gasteiger charge is 2.13. The van der Waals surface area contributed by atoms with Gasteiger partial charge >= 0.3 is 0 Å². The molecule has 0 saturated heterocycles. The zero-order chi connectivity index (χ0) is 13.3. The number of halogens is 2. The average molecular weight is 286 g/mol. The van der Waals surface area contributed by atoms with Crippen LogP contribution in [0.2, 0.25) is 5.02 Å². The molecule has 0 saturated carbocycles. The van der Waals surface area contributed by atoms with Crippen molar-refractivity contribution in [3.05, 3.63) is 50.8 Å². The van der Waals surface area contributed by atoms with E-state index in [4.69, 9.17) is 23.2 Å². The smallest absolute Gasteiger partial charge is 0.258 e. The normalized spacial score (nSPS) is 10.6. The SMILES string of the molecule is Cc1nn(-c2ccc([N+](=O)[O-])cc2CCl)cc1Cl.